The van der Waals surface area contributed by atoms with Gasteiger partial charge >= 0.3 is 5.97 Å². The summed E-state index contributed by atoms with van der Waals surface area (Å²) in [7, 11) is 0. The molecule has 1 aliphatic rings. The van der Waals surface area contributed by atoms with Crippen LogP contribution in [0.2, 0.25) is 0 Å². The second-order valence-corrected chi connectivity index (χ2v) is 6.59. The molecule has 0 spiro atoms. The summed E-state index contributed by atoms with van der Waals surface area (Å²) in [6.07, 6.45) is 1.28. The molecule has 1 N–H and O–H groups in total. The lowest BCUT2D eigenvalue weighted by Gasteiger charge is -2.15. The van der Waals surface area contributed by atoms with E-state index in [0.29, 0.717) is 43.1 Å². The van der Waals surface area contributed by atoms with Crippen molar-refractivity contribution in [2.45, 2.75) is 26.2 Å². The second kappa shape index (κ2) is 7.63. The Balaban J connectivity index is 1.49. The predicted molar refractivity (Wildman–Crippen MR) is 89.5 cm³/mol. The van der Waals surface area contributed by atoms with Crippen LogP contribution in [0.15, 0.2) is 28.8 Å². The SMILES string of the molecule is C[C@@H]1CN(C(=O)CCCc2nc(-c3ccc(F)cc3)no2)C[C@H]1C(=O)O. The number of hydrogen-bond donors (Lipinski definition) is 1. The molecule has 1 aromatic carbocycles. The molecule has 7 nitrogen and oxygen atoms in total. The van der Waals surface area contributed by atoms with E-state index in [4.69, 9.17) is 9.63 Å². The van der Waals surface area contributed by atoms with Gasteiger partial charge in [-0.3, -0.25) is 9.59 Å². The Labute approximate surface area is 149 Å². The first-order valence-electron chi connectivity index (χ1n) is 8.53. The van der Waals surface area contributed by atoms with Crippen LogP contribution in [0.1, 0.15) is 25.7 Å². The zero-order valence-electron chi connectivity index (χ0n) is 14.4. The third-order valence-corrected chi connectivity index (χ3v) is 4.63. The van der Waals surface area contributed by atoms with Gasteiger partial charge in [-0.25, -0.2) is 4.39 Å². The molecule has 0 unspecified atom stereocenters. The largest absolute Gasteiger partial charge is 0.481 e. The topological polar surface area (TPSA) is 96.5 Å². The minimum Gasteiger partial charge on any atom is -0.481 e. The Morgan fingerprint density at radius 2 is 2.04 bits per heavy atom. The van der Waals surface area contributed by atoms with Crippen molar-refractivity contribution in [3.05, 3.63) is 36.0 Å². The number of aromatic nitrogens is 2. The third kappa shape index (κ3) is 4.07. The van der Waals surface area contributed by atoms with Crippen LogP contribution in [-0.2, 0) is 16.0 Å². The Kier molecular flexibility index (Phi) is 5.29. The summed E-state index contributed by atoms with van der Waals surface area (Å²) in [5, 5.41) is 13.0. The van der Waals surface area contributed by atoms with Crippen LogP contribution >= 0.6 is 0 Å². The Bertz CT molecular complexity index is 790. The lowest BCUT2D eigenvalue weighted by Crippen LogP contribution is -2.29. The highest BCUT2D eigenvalue weighted by molar-refractivity contribution is 5.79. The minimum atomic E-state index is -0.855. The molecule has 1 aliphatic heterocycles. The van der Waals surface area contributed by atoms with Gasteiger partial charge in [0.1, 0.15) is 5.82 Å². The summed E-state index contributed by atoms with van der Waals surface area (Å²) in [4.78, 5) is 29.2. The average molecular weight is 361 g/mol. The maximum absolute atomic E-state index is 12.9. The van der Waals surface area contributed by atoms with Crippen molar-refractivity contribution in [2.75, 3.05) is 13.1 Å². The molecule has 0 aliphatic carbocycles. The van der Waals surface area contributed by atoms with Crippen LogP contribution < -0.4 is 0 Å². The third-order valence-electron chi connectivity index (χ3n) is 4.63. The highest BCUT2D eigenvalue weighted by Crippen LogP contribution is 2.24. The number of amides is 1. The van der Waals surface area contributed by atoms with Gasteiger partial charge in [-0.1, -0.05) is 12.1 Å². The monoisotopic (exact) mass is 361 g/mol. The zero-order valence-corrected chi connectivity index (χ0v) is 14.4. The molecule has 8 heteroatoms. The van der Waals surface area contributed by atoms with E-state index in [9.17, 15) is 14.0 Å². The molecule has 0 bridgehead atoms. The van der Waals surface area contributed by atoms with Crippen LogP contribution in [0.5, 0.6) is 0 Å². The lowest BCUT2D eigenvalue weighted by molar-refractivity contribution is -0.142. The molecule has 2 aromatic rings. The summed E-state index contributed by atoms with van der Waals surface area (Å²) in [6.45, 7) is 2.59. The van der Waals surface area contributed by atoms with Gasteiger partial charge in [-0.05, 0) is 36.6 Å². The van der Waals surface area contributed by atoms with Gasteiger partial charge < -0.3 is 14.5 Å². The van der Waals surface area contributed by atoms with Crippen LogP contribution in [0.3, 0.4) is 0 Å². The highest BCUT2D eigenvalue weighted by Gasteiger charge is 2.36. The molecule has 0 radical (unpaired) electrons. The van der Waals surface area contributed by atoms with Crippen LogP contribution in [0.25, 0.3) is 11.4 Å². The molecule has 0 saturated carbocycles. The number of rotatable bonds is 6. The average Bonchev–Trinajstić information content (AvgIpc) is 3.22. The van der Waals surface area contributed by atoms with Gasteiger partial charge in [-0.2, -0.15) is 4.98 Å². The molecule has 3 rings (SSSR count). The van der Waals surface area contributed by atoms with Crippen molar-refractivity contribution in [2.24, 2.45) is 11.8 Å². The fraction of sp³-hybridized carbons (Fsp3) is 0.444. The van der Waals surface area contributed by atoms with E-state index in [-0.39, 0.29) is 24.2 Å². The number of likely N-dealkylation sites (tertiary alicyclic amines) is 1. The molecule has 138 valence electrons. The minimum absolute atomic E-state index is 0.0364. The van der Waals surface area contributed by atoms with Crippen molar-refractivity contribution in [1.29, 1.82) is 0 Å². The molecule has 2 heterocycles. The normalized spacial score (nSPS) is 19.7. The fourth-order valence-corrected chi connectivity index (χ4v) is 3.11. The van der Waals surface area contributed by atoms with Gasteiger partial charge in [0.05, 0.1) is 5.92 Å². The van der Waals surface area contributed by atoms with Gasteiger partial charge in [-0.15, -0.1) is 0 Å². The number of benzene rings is 1. The van der Waals surface area contributed by atoms with Gasteiger partial charge in [0.15, 0.2) is 0 Å². The first kappa shape index (κ1) is 18.0. The number of carbonyl (C=O) groups excluding carboxylic acids is 1. The van der Waals surface area contributed by atoms with Crippen molar-refractivity contribution in [3.63, 3.8) is 0 Å². The van der Waals surface area contributed by atoms with Crippen molar-refractivity contribution >= 4 is 11.9 Å². The number of aryl methyl sites for hydroxylation is 1. The van der Waals surface area contributed by atoms with Gasteiger partial charge in [0.2, 0.25) is 17.6 Å². The molecule has 2 atom stereocenters. The smallest absolute Gasteiger partial charge is 0.308 e. The fourth-order valence-electron chi connectivity index (χ4n) is 3.11. The van der Waals surface area contributed by atoms with E-state index < -0.39 is 11.9 Å². The standard InChI is InChI=1S/C18H20FN3O4/c1-11-9-22(10-14(11)18(24)25)16(23)4-2-3-15-20-17(21-26-15)12-5-7-13(19)8-6-12/h5-8,11,14H,2-4,9-10H2,1H3,(H,24,25)/t11-,14-/m1/s1. The van der Waals surface area contributed by atoms with Crippen molar-refractivity contribution in [1.82, 2.24) is 15.0 Å². The number of carboxylic acids is 1. The Hall–Kier alpha value is -2.77. The Morgan fingerprint density at radius 3 is 2.69 bits per heavy atom. The van der Waals surface area contributed by atoms with Gasteiger partial charge in [0.25, 0.3) is 0 Å². The quantitative estimate of drug-likeness (QED) is 0.848. The molecule has 1 aromatic heterocycles. The summed E-state index contributed by atoms with van der Waals surface area (Å²) in [6, 6.07) is 5.79. The predicted octanol–water partition coefficient (Wildman–Crippen LogP) is 2.38. The summed E-state index contributed by atoms with van der Waals surface area (Å²) >= 11 is 0. The van der Waals surface area contributed by atoms with Gasteiger partial charge in [0, 0.05) is 31.5 Å². The van der Waals surface area contributed by atoms with E-state index in [2.05, 4.69) is 10.1 Å². The summed E-state index contributed by atoms with van der Waals surface area (Å²) in [5.74, 6) is -0.985. The number of halogens is 1. The van der Waals surface area contributed by atoms with E-state index in [1.54, 1.807) is 17.0 Å². The first-order valence-corrected chi connectivity index (χ1v) is 8.53. The van der Waals surface area contributed by atoms with Crippen LogP contribution in [0.4, 0.5) is 4.39 Å². The second-order valence-electron chi connectivity index (χ2n) is 6.59. The number of carbonyl (C=O) groups is 2. The van der Waals surface area contributed by atoms with E-state index in [1.807, 2.05) is 6.92 Å². The summed E-state index contributed by atoms with van der Waals surface area (Å²) in [5.41, 5.74) is 0.656. The van der Waals surface area contributed by atoms with Crippen LogP contribution in [0, 0.1) is 17.7 Å². The molecule has 1 saturated heterocycles. The molecular weight excluding hydrogens is 341 g/mol. The number of nitrogens with zero attached hydrogens (tertiary/aromatic N) is 3. The molecular formula is C18H20FN3O4. The maximum atomic E-state index is 12.9. The molecule has 1 amide bonds. The highest BCUT2D eigenvalue weighted by atomic mass is 19.1. The lowest BCUT2D eigenvalue weighted by atomic mass is 9.99. The zero-order chi connectivity index (χ0) is 18.7. The number of aliphatic carboxylic acids is 1. The van der Waals surface area contributed by atoms with Crippen LogP contribution in [-0.4, -0.2) is 45.1 Å². The number of hydrogen-bond acceptors (Lipinski definition) is 5. The summed E-state index contributed by atoms with van der Waals surface area (Å²) < 4.78 is 18.1. The molecule has 1 fully saturated rings. The Morgan fingerprint density at radius 1 is 1.31 bits per heavy atom. The van der Waals surface area contributed by atoms with E-state index in [0.717, 1.165) is 0 Å². The van der Waals surface area contributed by atoms with Crippen molar-refractivity contribution < 1.29 is 23.6 Å². The van der Waals surface area contributed by atoms with E-state index in [1.165, 1.54) is 12.1 Å². The molecule has 26 heavy (non-hydrogen) atoms. The number of carboxylic acid groups (broad SMARTS) is 1. The first-order chi connectivity index (χ1) is 12.4. The van der Waals surface area contributed by atoms with Crippen molar-refractivity contribution in [3.8, 4) is 11.4 Å². The van der Waals surface area contributed by atoms with E-state index >= 15 is 0 Å². The maximum Gasteiger partial charge on any atom is 0.308 e.